The van der Waals surface area contributed by atoms with Gasteiger partial charge in [0.25, 0.3) is 5.92 Å². The summed E-state index contributed by atoms with van der Waals surface area (Å²) >= 11 is 0. The Morgan fingerprint density at radius 1 is 1.50 bits per heavy atom. The van der Waals surface area contributed by atoms with Gasteiger partial charge >= 0.3 is 0 Å². The van der Waals surface area contributed by atoms with E-state index in [1.165, 1.54) is 6.08 Å². The molecule has 16 heavy (non-hydrogen) atoms. The van der Waals surface area contributed by atoms with Crippen LogP contribution in [0, 0.1) is 5.92 Å². The normalized spacial score (nSPS) is 25.8. The topological polar surface area (TPSA) is 24.4 Å². The second-order valence-electron chi connectivity index (χ2n) is 4.63. The van der Waals surface area contributed by atoms with E-state index in [4.69, 9.17) is 0 Å². The van der Waals surface area contributed by atoms with Crippen molar-refractivity contribution in [2.24, 2.45) is 10.9 Å². The predicted molar refractivity (Wildman–Crippen MR) is 60.6 cm³/mol. The number of halogens is 2. The van der Waals surface area contributed by atoms with Gasteiger partial charge in [0, 0.05) is 31.0 Å². The zero-order valence-corrected chi connectivity index (χ0v) is 9.56. The maximum Gasteiger partial charge on any atom is 0.268 e. The number of rotatable bonds is 1. The van der Waals surface area contributed by atoms with Crippen LogP contribution in [0.5, 0.6) is 0 Å². The molecule has 0 bridgehead atoms. The number of aliphatic imine (C=N–C) groups is 1. The van der Waals surface area contributed by atoms with Crippen LogP contribution in [0.3, 0.4) is 0 Å². The molecule has 2 nitrogen and oxygen atoms in total. The second kappa shape index (κ2) is 4.00. The highest BCUT2D eigenvalue weighted by molar-refractivity contribution is 5.62. The van der Waals surface area contributed by atoms with Gasteiger partial charge in [-0.3, -0.25) is 4.99 Å². The first-order valence-electron chi connectivity index (χ1n) is 5.55. The lowest BCUT2D eigenvalue weighted by Crippen LogP contribution is -2.30. The Kier molecular flexibility index (Phi) is 2.82. The van der Waals surface area contributed by atoms with Gasteiger partial charge in [0.05, 0.1) is 5.70 Å². The molecule has 0 aromatic heterocycles. The SMILES string of the molecule is C[C@@H]1CC=NC2=C(C1)NCC(C(C)(F)F)=C2. The fraction of sp³-hybridized carbons (Fsp3) is 0.583. The van der Waals surface area contributed by atoms with Gasteiger partial charge in [0.1, 0.15) is 0 Å². The summed E-state index contributed by atoms with van der Waals surface area (Å²) < 4.78 is 26.3. The molecule has 1 N–H and O–H groups in total. The van der Waals surface area contributed by atoms with E-state index in [2.05, 4.69) is 17.2 Å². The minimum atomic E-state index is -2.76. The quantitative estimate of drug-likeness (QED) is 0.730. The average molecular weight is 226 g/mol. The Bertz CT molecular complexity index is 375. The number of allylic oxidation sites excluding steroid dienone is 2. The van der Waals surface area contributed by atoms with E-state index in [0.717, 1.165) is 25.5 Å². The van der Waals surface area contributed by atoms with Gasteiger partial charge < -0.3 is 5.32 Å². The molecule has 0 radical (unpaired) electrons. The predicted octanol–water partition coefficient (Wildman–Crippen LogP) is 2.88. The van der Waals surface area contributed by atoms with Crippen molar-refractivity contribution in [1.29, 1.82) is 0 Å². The third-order valence-corrected chi connectivity index (χ3v) is 2.97. The van der Waals surface area contributed by atoms with Gasteiger partial charge in [-0.05, 0) is 24.8 Å². The number of alkyl halides is 2. The third-order valence-electron chi connectivity index (χ3n) is 2.97. The first-order valence-corrected chi connectivity index (χ1v) is 5.55. The summed E-state index contributed by atoms with van der Waals surface area (Å²) in [6, 6.07) is 0. The van der Waals surface area contributed by atoms with Gasteiger partial charge in [0.15, 0.2) is 0 Å². The van der Waals surface area contributed by atoms with E-state index in [0.29, 0.717) is 11.6 Å². The van der Waals surface area contributed by atoms with Crippen molar-refractivity contribution in [3.8, 4) is 0 Å². The first kappa shape index (κ1) is 11.3. The molecular formula is C12H16F2N2. The Balaban J connectivity index is 2.30. The zero-order valence-electron chi connectivity index (χ0n) is 9.56. The van der Waals surface area contributed by atoms with Crippen molar-refractivity contribution in [3.05, 3.63) is 23.0 Å². The van der Waals surface area contributed by atoms with E-state index < -0.39 is 5.92 Å². The number of hydrogen-bond acceptors (Lipinski definition) is 2. The van der Waals surface area contributed by atoms with Crippen molar-refractivity contribution in [2.45, 2.75) is 32.6 Å². The maximum absolute atomic E-state index is 13.2. The molecule has 0 saturated heterocycles. The van der Waals surface area contributed by atoms with Crippen molar-refractivity contribution in [1.82, 2.24) is 5.32 Å². The molecule has 0 spiro atoms. The van der Waals surface area contributed by atoms with Gasteiger partial charge in [-0.15, -0.1) is 0 Å². The Labute approximate surface area is 94.1 Å². The number of nitrogens with zero attached hydrogens (tertiary/aromatic N) is 1. The van der Waals surface area contributed by atoms with Crippen LogP contribution >= 0.6 is 0 Å². The first-order chi connectivity index (χ1) is 7.47. The Morgan fingerprint density at radius 3 is 2.94 bits per heavy atom. The summed E-state index contributed by atoms with van der Waals surface area (Å²) in [5, 5.41) is 3.07. The highest BCUT2D eigenvalue weighted by Gasteiger charge is 2.30. The highest BCUT2D eigenvalue weighted by Crippen LogP contribution is 2.30. The zero-order chi connectivity index (χ0) is 11.8. The number of hydrogen-bond donors (Lipinski definition) is 1. The molecule has 4 heteroatoms. The summed E-state index contributed by atoms with van der Waals surface area (Å²) in [5.74, 6) is -2.25. The Morgan fingerprint density at radius 2 is 2.25 bits per heavy atom. The summed E-state index contributed by atoms with van der Waals surface area (Å²) in [6.45, 7) is 3.29. The molecular weight excluding hydrogens is 210 g/mol. The maximum atomic E-state index is 13.2. The molecule has 0 saturated carbocycles. The van der Waals surface area contributed by atoms with Gasteiger partial charge in [-0.2, -0.15) is 0 Å². The lowest BCUT2D eigenvalue weighted by Gasteiger charge is -2.23. The summed E-state index contributed by atoms with van der Waals surface area (Å²) in [7, 11) is 0. The van der Waals surface area contributed by atoms with Crippen LogP contribution in [0.2, 0.25) is 0 Å². The van der Waals surface area contributed by atoms with Crippen molar-refractivity contribution < 1.29 is 8.78 Å². The smallest absolute Gasteiger partial charge is 0.268 e. The van der Waals surface area contributed by atoms with E-state index >= 15 is 0 Å². The van der Waals surface area contributed by atoms with Crippen molar-refractivity contribution in [2.75, 3.05) is 6.54 Å². The monoisotopic (exact) mass is 226 g/mol. The van der Waals surface area contributed by atoms with Gasteiger partial charge in [0.2, 0.25) is 0 Å². The van der Waals surface area contributed by atoms with Crippen LogP contribution in [0.15, 0.2) is 28.0 Å². The minimum absolute atomic E-state index is 0.109. The largest absolute Gasteiger partial charge is 0.383 e. The van der Waals surface area contributed by atoms with Crippen LogP contribution < -0.4 is 5.32 Å². The molecule has 0 aromatic carbocycles. The van der Waals surface area contributed by atoms with Crippen molar-refractivity contribution >= 4 is 6.21 Å². The van der Waals surface area contributed by atoms with E-state index in [9.17, 15) is 8.78 Å². The molecule has 0 amide bonds. The molecule has 2 aliphatic rings. The summed E-state index contributed by atoms with van der Waals surface area (Å²) in [5.41, 5.74) is 1.78. The number of dihydropyridines is 1. The van der Waals surface area contributed by atoms with Crippen LogP contribution in [-0.2, 0) is 0 Å². The molecule has 0 unspecified atom stereocenters. The van der Waals surface area contributed by atoms with E-state index in [1.54, 1.807) is 0 Å². The lowest BCUT2D eigenvalue weighted by atomic mass is 9.99. The third kappa shape index (κ3) is 2.31. The van der Waals surface area contributed by atoms with E-state index in [-0.39, 0.29) is 12.1 Å². The average Bonchev–Trinajstić information content (AvgIpc) is 2.35. The molecule has 0 aliphatic carbocycles. The van der Waals surface area contributed by atoms with Crippen molar-refractivity contribution in [3.63, 3.8) is 0 Å². The Hall–Kier alpha value is -1.19. The second-order valence-corrected chi connectivity index (χ2v) is 4.63. The lowest BCUT2D eigenvalue weighted by molar-refractivity contribution is 0.0606. The van der Waals surface area contributed by atoms with Crippen LogP contribution in [0.25, 0.3) is 0 Å². The van der Waals surface area contributed by atoms with E-state index in [1.807, 2.05) is 6.21 Å². The fourth-order valence-electron chi connectivity index (χ4n) is 1.93. The van der Waals surface area contributed by atoms with Crippen LogP contribution in [0.1, 0.15) is 26.7 Å². The highest BCUT2D eigenvalue weighted by atomic mass is 19.3. The molecule has 0 aromatic rings. The summed E-state index contributed by atoms with van der Waals surface area (Å²) in [6.07, 6.45) is 5.14. The van der Waals surface area contributed by atoms with Crippen LogP contribution in [0.4, 0.5) is 8.78 Å². The number of nitrogens with one attached hydrogen (secondary N) is 1. The minimum Gasteiger partial charge on any atom is -0.383 e. The van der Waals surface area contributed by atoms with Gasteiger partial charge in [-0.1, -0.05) is 6.92 Å². The molecule has 88 valence electrons. The molecule has 2 heterocycles. The molecule has 1 atom stereocenters. The standard InChI is InChI=1S/C12H16F2N2/c1-8-3-4-15-11-6-9(12(2,13)14)7-16-10(11)5-8/h4,6,8,16H,3,5,7H2,1-2H3/t8-/m1/s1. The fourth-order valence-corrected chi connectivity index (χ4v) is 1.93. The summed E-state index contributed by atoms with van der Waals surface area (Å²) in [4.78, 5) is 4.24. The van der Waals surface area contributed by atoms with Crippen LogP contribution in [-0.4, -0.2) is 18.7 Å². The molecule has 2 aliphatic heterocycles. The molecule has 0 fully saturated rings. The molecule has 2 rings (SSSR count). The van der Waals surface area contributed by atoms with Gasteiger partial charge in [-0.25, -0.2) is 8.78 Å².